The second-order valence-electron chi connectivity index (χ2n) is 7.54. The topological polar surface area (TPSA) is 113 Å². The zero-order chi connectivity index (χ0) is 24.1. The third-order valence-electron chi connectivity index (χ3n) is 5.43. The van der Waals surface area contributed by atoms with Crippen molar-refractivity contribution in [2.24, 2.45) is 0 Å². The number of esters is 1. The van der Waals surface area contributed by atoms with E-state index in [0.717, 1.165) is 54.3 Å². The lowest BCUT2D eigenvalue weighted by atomic mass is 10.1. The van der Waals surface area contributed by atoms with E-state index in [1.807, 2.05) is 0 Å². The fourth-order valence-corrected chi connectivity index (χ4v) is 5.65. The van der Waals surface area contributed by atoms with Crippen molar-refractivity contribution in [3.05, 3.63) is 34.2 Å². The summed E-state index contributed by atoms with van der Waals surface area (Å²) in [5, 5.41) is 11.7. The van der Waals surface area contributed by atoms with Gasteiger partial charge in [-0.3, -0.25) is 4.79 Å². The van der Waals surface area contributed by atoms with E-state index < -0.39 is 5.97 Å². The molecule has 1 aliphatic rings. The molecule has 0 aliphatic heterocycles. The molecule has 0 saturated carbocycles. The number of amides is 1. The van der Waals surface area contributed by atoms with Crippen LogP contribution in [0.3, 0.4) is 0 Å². The number of carbonyl (C=O) groups is 2. The van der Waals surface area contributed by atoms with Gasteiger partial charge < -0.3 is 23.9 Å². The highest BCUT2D eigenvalue weighted by Gasteiger charge is 2.26. The predicted molar refractivity (Wildman–Crippen MR) is 129 cm³/mol. The van der Waals surface area contributed by atoms with Gasteiger partial charge in [-0.2, -0.15) is 0 Å². The number of fused-ring (bicyclic) bond motifs is 1. The molecule has 0 bridgehead atoms. The van der Waals surface area contributed by atoms with Crippen LogP contribution in [0.2, 0.25) is 0 Å². The van der Waals surface area contributed by atoms with Crippen LogP contribution in [-0.2, 0) is 22.4 Å². The Morgan fingerprint density at radius 1 is 1.12 bits per heavy atom. The van der Waals surface area contributed by atoms with E-state index in [1.165, 1.54) is 18.4 Å². The van der Waals surface area contributed by atoms with Gasteiger partial charge in [-0.05, 0) is 49.4 Å². The Morgan fingerprint density at radius 2 is 1.94 bits per heavy atom. The van der Waals surface area contributed by atoms with Crippen molar-refractivity contribution in [2.75, 3.05) is 32.4 Å². The number of anilines is 1. The molecule has 1 aromatic carbocycles. The fraction of sp³-hybridized carbons (Fsp3) is 0.391. The third kappa shape index (κ3) is 5.20. The van der Waals surface area contributed by atoms with Crippen LogP contribution in [0.15, 0.2) is 27.8 Å². The maximum Gasteiger partial charge on any atom is 0.341 e. The summed E-state index contributed by atoms with van der Waals surface area (Å²) >= 11 is 2.57. The number of aromatic nitrogens is 2. The van der Waals surface area contributed by atoms with Gasteiger partial charge in [0.05, 0.1) is 38.2 Å². The Balaban J connectivity index is 1.45. The molecule has 0 unspecified atom stereocenters. The number of nitrogens with zero attached hydrogens (tertiary/aromatic N) is 2. The molecule has 180 valence electrons. The summed E-state index contributed by atoms with van der Waals surface area (Å²) in [6, 6.07) is 5.26. The van der Waals surface area contributed by atoms with Gasteiger partial charge in [-0.25, -0.2) is 4.79 Å². The molecule has 2 heterocycles. The summed E-state index contributed by atoms with van der Waals surface area (Å²) in [6.45, 7) is 0. The Hall–Kier alpha value is -3.05. The largest absolute Gasteiger partial charge is 0.497 e. The van der Waals surface area contributed by atoms with Gasteiger partial charge in [-0.1, -0.05) is 18.2 Å². The smallest absolute Gasteiger partial charge is 0.341 e. The SMILES string of the molecule is COC(=O)c1c(NC(=O)CSc2nnc(-c3cc(OC)ccc3OC)o2)sc2c1CCCCC2. The van der Waals surface area contributed by atoms with Crippen LogP contribution in [0.25, 0.3) is 11.5 Å². The summed E-state index contributed by atoms with van der Waals surface area (Å²) in [5.74, 6) is 0.792. The van der Waals surface area contributed by atoms with Crippen LogP contribution < -0.4 is 14.8 Å². The first-order chi connectivity index (χ1) is 16.5. The van der Waals surface area contributed by atoms with E-state index in [1.54, 1.807) is 32.4 Å². The minimum absolute atomic E-state index is 0.0417. The van der Waals surface area contributed by atoms with Crippen LogP contribution in [0.1, 0.15) is 40.1 Å². The van der Waals surface area contributed by atoms with E-state index in [0.29, 0.717) is 27.6 Å². The Labute approximate surface area is 205 Å². The molecule has 1 N–H and O–H groups in total. The molecular formula is C23H25N3O6S2. The Morgan fingerprint density at radius 3 is 2.71 bits per heavy atom. The number of carbonyl (C=O) groups excluding carboxylic acids is 2. The first kappa shape index (κ1) is 24.1. The molecule has 0 saturated heterocycles. The van der Waals surface area contributed by atoms with Gasteiger partial charge >= 0.3 is 5.97 Å². The Kier molecular flexibility index (Phi) is 7.73. The summed E-state index contributed by atoms with van der Waals surface area (Å²) in [6.07, 6.45) is 4.96. The second-order valence-corrected chi connectivity index (χ2v) is 9.57. The summed E-state index contributed by atoms with van der Waals surface area (Å²) < 4.78 is 21.3. The van der Waals surface area contributed by atoms with Crippen LogP contribution in [0.5, 0.6) is 11.5 Å². The number of ether oxygens (including phenoxy) is 3. The molecular weight excluding hydrogens is 478 g/mol. The lowest BCUT2D eigenvalue weighted by Crippen LogP contribution is -2.16. The van der Waals surface area contributed by atoms with Crippen LogP contribution in [0.4, 0.5) is 5.00 Å². The van der Waals surface area contributed by atoms with Crippen LogP contribution >= 0.6 is 23.1 Å². The van der Waals surface area contributed by atoms with E-state index in [9.17, 15) is 9.59 Å². The van der Waals surface area contributed by atoms with Gasteiger partial charge in [0.2, 0.25) is 5.91 Å². The number of hydrogen-bond acceptors (Lipinski definition) is 10. The van der Waals surface area contributed by atoms with Crippen molar-refractivity contribution in [3.63, 3.8) is 0 Å². The molecule has 1 amide bonds. The standard InChI is InChI=1S/C23H25N3O6S2/c1-29-13-9-10-16(30-2)15(11-13)20-25-26-23(32-20)33-12-18(27)24-21-19(22(28)31-3)14-7-5-4-6-8-17(14)34-21/h9-11H,4-8,12H2,1-3H3,(H,24,27). The number of aryl methyl sites for hydroxylation is 1. The van der Waals surface area contributed by atoms with Crippen LogP contribution in [0, 0.1) is 0 Å². The summed E-state index contributed by atoms with van der Waals surface area (Å²) in [4.78, 5) is 26.3. The molecule has 1 aliphatic carbocycles. The number of methoxy groups -OCH3 is 3. The monoisotopic (exact) mass is 503 g/mol. The van der Waals surface area contributed by atoms with Gasteiger partial charge in [0.25, 0.3) is 11.1 Å². The minimum Gasteiger partial charge on any atom is -0.497 e. The van der Waals surface area contributed by atoms with Gasteiger partial charge in [0.15, 0.2) is 0 Å². The average Bonchev–Trinajstić information content (AvgIpc) is 3.39. The number of nitrogens with one attached hydrogen (secondary N) is 1. The number of thioether (sulfide) groups is 1. The van der Waals surface area contributed by atoms with Crippen molar-refractivity contribution in [1.82, 2.24) is 10.2 Å². The third-order valence-corrected chi connectivity index (χ3v) is 7.46. The lowest BCUT2D eigenvalue weighted by molar-refractivity contribution is -0.113. The molecule has 4 rings (SSSR count). The first-order valence-corrected chi connectivity index (χ1v) is 12.6. The Bertz CT molecular complexity index is 1190. The van der Waals surface area contributed by atoms with E-state index in [2.05, 4.69) is 15.5 Å². The van der Waals surface area contributed by atoms with Gasteiger partial charge in [-0.15, -0.1) is 21.5 Å². The van der Waals surface area contributed by atoms with Crippen molar-refractivity contribution >= 4 is 40.0 Å². The molecule has 11 heteroatoms. The van der Waals surface area contributed by atoms with Crippen molar-refractivity contribution < 1.29 is 28.2 Å². The highest BCUT2D eigenvalue weighted by atomic mass is 32.2. The highest BCUT2D eigenvalue weighted by molar-refractivity contribution is 7.99. The minimum atomic E-state index is -0.420. The van der Waals surface area contributed by atoms with Crippen molar-refractivity contribution in [2.45, 2.75) is 37.3 Å². The van der Waals surface area contributed by atoms with Crippen molar-refractivity contribution in [3.8, 4) is 23.0 Å². The van der Waals surface area contributed by atoms with E-state index in [-0.39, 0.29) is 22.8 Å². The average molecular weight is 504 g/mol. The fourth-order valence-electron chi connectivity index (χ4n) is 3.80. The maximum atomic E-state index is 12.7. The van der Waals surface area contributed by atoms with Crippen LogP contribution in [-0.4, -0.2) is 49.2 Å². The zero-order valence-corrected chi connectivity index (χ0v) is 20.8. The predicted octanol–water partition coefficient (Wildman–Crippen LogP) is 4.60. The quantitative estimate of drug-likeness (QED) is 0.268. The van der Waals surface area contributed by atoms with Gasteiger partial charge in [0, 0.05) is 4.88 Å². The molecule has 0 fully saturated rings. The molecule has 34 heavy (non-hydrogen) atoms. The normalized spacial score (nSPS) is 13.0. The number of benzene rings is 1. The molecule has 0 atom stereocenters. The second kappa shape index (κ2) is 10.9. The van der Waals surface area contributed by atoms with Gasteiger partial charge in [0.1, 0.15) is 16.5 Å². The van der Waals surface area contributed by atoms with Crippen molar-refractivity contribution in [1.29, 1.82) is 0 Å². The lowest BCUT2D eigenvalue weighted by Gasteiger charge is -2.07. The molecule has 3 aromatic rings. The molecule has 9 nitrogen and oxygen atoms in total. The zero-order valence-electron chi connectivity index (χ0n) is 19.1. The molecule has 0 spiro atoms. The maximum absolute atomic E-state index is 12.7. The highest BCUT2D eigenvalue weighted by Crippen LogP contribution is 2.38. The van der Waals surface area contributed by atoms with E-state index >= 15 is 0 Å². The summed E-state index contributed by atoms with van der Waals surface area (Å²) in [7, 11) is 4.47. The number of thiophene rings is 1. The first-order valence-electron chi connectivity index (χ1n) is 10.8. The number of hydrogen-bond donors (Lipinski definition) is 1. The molecule has 0 radical (unpaired) electrons. The molecule has 2 aromatic heterocycles. The summed E-state index contributed by atoms with van der Waals surface area (Å²) in [5.41, 5.74) is 2.08. The number of rotatable bonds is 8. The van der Waals surface area contributed by atoms with E-state index in [4.69, 9.17) is 18.6 Å².